The van der Waals surface area contributed by atoms with E-state index in [0.29, 0.717) is 0 Å². The smallest absolute Gasteiger partial charge is 0.0715 e. The zero-order chi connectivity index (χ0) is 11.4. The van der Waals surface area contributed by atoms with Crippen LogP contribution in [0.15, 0.2) is 36.5 Å². The van der Waals surface area contributed by atoms with Crippen LogP contribution in [-0.2, 0) is 19.6 Å². The van der Waals surface area contributed by atoms with Crippen molar-refractivity contribution >= 4 is 0 Å². The Morgan fingerprint density at radius 2 is 2.00 bits per heavy atom. The third-order valence-electron chi connectivity index (χ3n) is 2.62. The van der Waals surface area contributed by atoms with Crippen molar-refractivity contribution in [1.82, 2.24) is 9.78 Å². The zero-order valence-corrected chi connectivity index (χ0v) is 9.43. The van der Waals surface area contributed by atoms with E-state index in [0.717, 1.165) is 24.2 Å². The molecule has 3 nitrogen and oxygen atoms in total. The molecule has 0 aliphatic heterocycles. The number of aliphatic hydroxyl groups is 1. The van der Waals surface area contributed by atoms with Crippen molar-refractivity contribution < 1.29 is 5.11 Å². The molecule has 2 rings (SSSR count). The van der Waals surface area contributed by atoms with Crippen LogP contribution in [0.1, 0.15) is 23.7 Å². The summed E-state index contributed by atoms with van der Waals surface area (Å²) in [5.41, 5.74) is 3.13. The number of nitrogens with zero attached hydrogens (tertiary/aromatic N) is 2. The summed E-state index contributed by atoms with van der Waals surface area (Å²) in [6.07, 6.45) is 2.78. The minimum atomic E-state index is 0.0674. The van der Waals surface area contributed by atoms with Crippen LogP contribution in [0.25, 0.3) is 0 Å². The van der Waals surface area contributed by atoms with Gasteiger partial charge in [-0.3, -0.25) is 4.68 Å². The molecule has 0 saturated heterocycles. The molecule has 0 aliphatic carbocycles. The summed E-state index contributed by atoms with van der Waals surface area (Å²) in [4.78, 5) is 0. The number of aromatic nitrogens is 2. The van der Waals surface area contributed by atoms with Crippen molar-refractivity contribution in [3.63, 3.8) is 0 Å². The first kappa shape index (κ1) is 10.9. The molecule has 0 unspecified atom stereocenters. The fourth-order valence-electron chi connectivity index (χ4n) is 1.78. The van der Waals surface area contributed by atoms with Crippen molar-refractivity contribution in [3.8, 4) is 0 Å². The molecular formula is C13H16N2O. The lowest BCUT2D eigenvalue weighted by atomic mass is 10.2. The molecule has 1 aromatic heterocycles. The predicted molar refractivity (Wildman–Crippen MR) is 63.1 cm³/mol. The van der Waals surface area contributed by atoms with Gasteiger partial charge in [0.05, 0.1) is 18.8 Å². The summed E-state index contributed by atoms with van der Waals surface area (Å²) < 4.78 is 1.89. The van der Waals surface area contributed by atoms with E-state index in [1.54, 1.807) is 0 Å². The molecule has 2 aromatic rings. The average Bonchev–Trinajstić information content (AvgIpc) is 2.72. The molecule has 1 heterocycles. The lowest BCUT2D eigenvalue weighted by molar-refractivity contribution is 0.280. The molecule has 0 aliphatic rings. The molecule has 0 fully saturated rings. The highest BCUT2D eigenvalue weighted by atomic mass is 16.3. The van der Waals surface area contributed by atoms with Gasteiger partial charge < -0.3 is 5.11 Å². The normalized spacial score (nSPS) is 10.6. The largest absolute Gasteiger partial charge is 0.392 e. The number of hydrogen-bond acceptors (Lipinski definition) is 2. The molecule has 0 atom stereocenters. The Hall–Kier alpha value is -1.61. The number of hydrogen-bond donors (Lipinski definition) is 1. The van der Waals surface area contributed by atoms with Crippen LogP contribution in [0, 0.1) is 0 Å². The van der Waals surface area contributed by atoms with E-state index in [1.165, 1.54) is 5.56 Å². The zero-order valence-electron chi connectivity index (χ0n) is 9.43. The Labute approximate surface area is 95.3 Å². The Morgan fingerprint density at radius 3 is 2.56 bits per heavy atom. The monoisotopic (exact) mass is 216 g/mol. The molecule has 0 radical (unpaired) electrons. The number of benzene rings is 1. The fraction of sp³-hybridized carbons (Fsp3) is 0.308. The molecule has 0 amide bonds. The van der Waals surface area contributed by atoms with Crippen molar-refractivity contribution in [3.05, 3.63) is 53.3 Å². The molecule has 3 heteroatoms. The van der Waals surface area contributed by atoms with Gasteiger partial charge in [0.1, 0.15) is 0 Å². The molecule has 84 valence electrons. The molecule has 0 bridgehead atoms. The molecule has 1 aromatic carbocycles. The highest BCUT2D eigenvalue weighted by Gasteiger charge is 2.06. The van der Waals surface area contributed by atoms with Gasteiger partial charge in [-0.05, 0) is 12.0 Å². The third kappa shape index (κ3) is 2.31. The third-order valence-corrected chi connectivity index (χ3v) is 2.62. The van der Waals surface area contributed by atoms with Gasteiger partial charge in [0.15, 0.2) is 0 Å². The average molecular weight is 216 g/mol. The maximum absolute atomic E-state index is 9.18. The van der Waals surface area contributed by atoms with E-state index in [4.69, 9.17) is 0 Å². The second-order valence-electron chi connectivity index (χ2n) is 3.80. The highest BCUT2D eigenvalue weighted by Crippen LogP contribution is 2.09. The van der Waals surface area contributed by atoms with E-state index < -0.39 is 0 Å². The van der Waals surface area contributed by atoms with Crippen molar-refractivity contribution in [1.29, 1.82) is 0 Å². The van der Waals surface area contributed by atoms with Gasteiger partial charge in [-0.15, -0.1) is 0 Å². The van der Waals surface area contributed by atoms with Gasteiger partial charge in [-0.2, -0.15) is 5.10 Å². The summed E-state index contributed by atoms with van der Waals surface area (Å²) in [6, 6.07) is 10.2. The van der Waals surface area contributed by atoms with Crippen LogP contribution in [0.2, 0.25) is 0 Å². The van der Waals surface area contributed by atoms with Crippen LogP contribution < -0.4 is 0 Å². The first-order valence-corrected chi connectivity index (χ1v) is 5.53. The predicted octanol–water partition coefficient (Wildman–Crippen LogP) is 1.99. The topological polar surface area (TPSA) is 38.0 Å². The quantitative estimate of drug-likeness (QED) is 0.848. The molecule has 16 heavy (non-hydrogen) atoms. The van der Waals surface area contributed by atoms with Gasteiger partial charge in [-0.1, -0.05) is 37.3 Å². The van der Waals surface area contributed by atoms with Crippen LogP contribution in [0.5, 0.6) is 0 Å². The molecular weight excluding hydrogens is 200 g/mol. The Morgan fingerprint density at radius 1 is 1.25 bits per heavy atom. The van der Waals surface area contributed by atoms with Crippen LogP contribution in [0.4, 0.5) is 0 Å². The van der Waals surface area contributed by atoms with Crippen molar-refractivity contribution in [2.45, 2.75) is 26.5 Å². The van der Waals surface area contributed by atoms with Crippen molar-refractivity contribution in [2.24, 2.45) is 0 Å². The van der Waals surface area contributed by atoms with Gasteiger partial charge in [-0.25, -0.2) is 0 Å². The minimum absolute atomic E-state index is 0.0674. The second kappa shape index (κ2) is 4.94. The Kier molecular flexibility index (Phi) is 3.37. The first-order chi connectivity index (χ1) is 7.83. The van der Waals surface area contributed by atoms with Crippen molar-refractivity contribution in [2.75, 3.05) is 0 Å². The lowest BCUT2D eigenvalue weighted by Gasteiger charge is -2.00. The summed E-state index contributed by atoms with van der Waals surface area (Å²) in [5.74, 6) is 0. The standard InChI is InChI=1S/C13H16N2O/c1-2-13-12(10-16)9-15(14-13)8-11-6-4-3-5-7-11/h3-7,9,16H,2,8,10H2,1H3. The van der Waals surface area contributed by atoms with Gasteiger partial charge >= 0.3 is 0 Å². The van der Waals surface area contributed by atoms with Crippen LogP contribution in [-0.4, -0.2) is 14.9 Å². The maximum atomic E-state index is 9.18. The maximum Gasteiger partial charge on any atom is 0.0715 e. The summed E-state index contributed by atoms with van der Waals surface area (Å²) in [6.45, 7) is 2.88. The molecule has 0 saturated carbocycles. The fourth-order valence-corrected chi connectivity index (χ4v) is 1.78. The summed E-state index contributed by atoms with van der Waals surface area (Å²) in [7, 11) is 0. The summed E-state index contributed by atoms with van der Waals surface area (Å²) in [5, 5.41) is 13.6. The molecule has 0 spiro atoms. The van der Waals surface area contributed by atoms with E-state index in [9.17, 15) is 5.11 Å². The minimum Gasteiger partial charge on any atom is -0.392 e. The van der Waals surface area contributed by atoms with Gasteiger partial charge in [0.2, 0.25) is 0 Å². The summed E-state index contributed by atoms with van der Waals surface area (Å²) >= 11 is 0. The SMILES string of the molecule is CCc1nn(Cc2ccccc2)cc1CO. The Bertz CT molecular complexity index is 427. The number of aryl methyl sites for hydroxylation is 1. The second-order valence-corrected chi connectivity index (χ2v) is 3.80. The van der Waals surface area contributed by atoms with E-state index in [-0.39, 0.29) is 6.61 Å². The van der Waals surface area contributed by atoms with Crippen LogP contribution >= 0.6 is 0 Å². The lowest BCUT2D eigenvalue weighted by Crippen LogP contribution is -2.00. The van der Waals surface area contributed by atoms with Gasteiger partial charge in [0.25, 0.3) is 0 Å². The van der Waals surface area contributed by atoms with E-state index in [1.807, 2.05) is 36.0 Å². The Balaban J connectivity index is 2.19. The number of rotatable bonds is 4. The van der Waals surface area contributed by atoms with E-state index in [2.05, 4.69) is 17.2 Å². The first-order valence-electron chi connectivity index (χ1n) is 5.53. The number of aliphatic hydroxyl groups excluding tert-OH is 1. The molecule has 1 N–H and O–H groups in total. The van der Waals surface area contributed by atoms with Crippen LogP contribution in [0.3, 0.4) is 0 Å². The highest BCUT2D eigenvalue weighted by molar-refractivity contribution is 5.19. The van der Waals surface area contributed by atoms with Gasteiger partial charge in [0, 0.05) is 11.8 Å². The van der Waals surface area contributed by atoms with E-state index >= 15 is 0 Å².